The van der Waals surface area contributed by atoms with Gasteiger partial charge in [0.05, 0.1) is 13.2 Å². The van der Waals surface area contributed by atoms with Gasteiger partial charge in [0.1, 0.15) is 5.69 Å². The summed E-state index contributed by atoms with van der Waals surface area (Å²) in [4.78, 5) is 29.4. The lowest BCUT2D eigenvalue weighted by Crippen LogP contribution is -2.33. The maximum atomic E-state index is 13.8. The maximum absolute atomic E-state index is 13.8. The zero-order valence-electron chi connectivity index (χ0n) is 18.9. The number of likely N-dealkylation sites (tertiary alicyclic amines) is 1. The average Bonchev–Trinajstić information content (AvgIpc) is 3.32. The minimum absolute atomic E-state index is 0.124. The Morgan fingerprint density at radius 2 is 1.71 bits per heavy atom. The molecule has 3 aromatic carbocycles. The molecule has 34 heavy (non-hydrogen) atoms. The van der Waals surface area contributed by atoms with E-state index in [9.17, 15) is 9.59 Å². The summed E-state index contributed by atoms with van der Waals surface area (Å²) in [6.07, 6.45) is 0.785. The molecule has 1 unspecified atom stereocenters. The van der Waals surface area contributed by atoms with Crippen LogP contribution in [0.1, 0.15) is 28.5 Å². The molecule has 0 saturated carbocycles. The predicted molar refractivity (Wildman–Crippen MR) is 138 cm³/mol. The highest BCUT2D eigenvalue weighted by molar-refractivity contribution is 9.10. The van der Waals surface area contributed by atoms with Crippen molar-refractivity contribution in [1.29, 1.82) is 0 Å². The molecular weight excluding hydrogens is 492 g/mol. The third-order valence-electron chi connectivity index (χ3n) is 6.48. The number of hydrogen-bond donors (Lipinski definition) is 0. The molecule has 1 saturated heterocycles. The SMILES string of the molecule is COC(=O)c1c(-c2ccccc2)c2cc(Br)ccc2c(=O)n1C1CCN(Cc2ccccc2)C1. The fraction of sp³-hybridized carbons (Fsp3) is 0.214. The van der Waals surface area contributed by atoms with Crippen LogP contribution in [0.25, 0.3) is 21.9 Å². The summed E-state index contributed by atoms with van der Waals surface area (Å²) >= 11 is 3.53. The van der Waals surface area contributed by atoms with Crippen molar-refractivity contribution in [1.82, 2.24) is 9.47 Å². The van der Waals surface area contributed by atoms with Crippen LogP contribution in [0.2, 0.25) is 0 Å². The second-order valence-electron chi connectivity index (χ2n) is 8.61. The first kappa shape index (κ1) is 22.6. The molecule has 1 fully saturated rings. The van der Waals surface area contributed by atoms with Crippen molar-refractivity contribution >= 4 is 32.7 Å². The van der Waals surface area contributed by atoms with E-state index in [4.69, 9.17) is 4.74 Å². The number of fused-ring (bicyclic) bond motifs is 1. The van der Waals surface area contributed by atoms with Crippen LogP contribution in [-0.2, 0) is 11.3 Å². The number of nitrogens with zero attached hydrogens (tertiary/aromatic N) is 2. The summed E-state index contributed by atoms with van der Waals surface area (Å²) in [6, 6.07) is 25.5. The van der Waals surface area contributed by atoms with Gasteiger partial charge in [-0.2, -0.15) is 0 Å². The van der Waals surface area contributed by atoms with Gasteiger partial charge in [-0.05, 0) is 41.1 Å². The van der Waals surface area contributed by atoms with E-state index in [1.54, 1.807) is 4.57 Å². The van der Waals surface area contributed by atoms with Crippen LogP contribution >= 0.6 is 15.9 Å². The number of halogens is 1. The highest BCUT2D eigenvalue weighted by Crippen LogP contribution is 2.35. The number of methoxy groups -OCH3 is 1. The number of carbonyl (C=O) groups is 1. The van der Waals surface area contributed by atoms with Gasteiger partial charge < -0.3 is 4.74 Å². The topological polar surface area (TPSA) is 51.5 Å². The maximum Gasteiger partial charge on any atom is 0.355 e. The first-order chi connectivity index (χ1) is 16.6. The van der Waals surface area contributed by atoms with Crippen LogP contribution in [0.15, 0.2) is 88.1 Å². The molecule has 1 atom stereocenters. The quantitative estimate of drug-likeness (QED) is 0.321. The molecule has 0 amide bonds. The van der Waals surface area contributed by atoms with Gasteiger partial charge in [0.25, 0.3) is 5.56 Å². The molecule has 0 radical (unpaired) electrons. The van der Waals surface area contributed by atoms with Crippen LogP contribution in [0.3, 0.4) is 0 Å². The first-order valence-electron chi connectivity index (χ1n) is 11.3. The molecule has 1 aliphatic rings. The van der Waals surface area contributed by atoms with Gasteiger partial charge in [0.15, 0.2) is 0 Å². The molecule has 0 N–H and O–H groups in total. The van der Waals surface area contributed by atoms with Crippen LogP contribution < -0.4 is 5.56 Å². The molecule has 0 spiro atoms. The number of carbonyl (C=O) groups excluding carboxylic acids is 1. The van der Waals surface area contributed by atoms with E-state index >= 15 is 0 Å². The third kappa shape index (κ3) is 4.19. The zero-order chi connectivity index (χ0) is 23.7. The fourth-order valence-electron chi connectivity index (χ4n) is 4.94. The lowest BCUT2D eigenvalue weighted by molar-refractivity contribution is 0.0585. The van der Waals surface area contributed by atoms with Crippen molar-refractivity contribution in [3.8, 4) is 11.1 Å². The van der Waals surface area contributed by atoms with Gasteiger partial charge in [-0.1, -0.05) is 76.6 Å². The zero-order valence-corrected chi connectivity index (χ0v) is 20.5. The second kappa shape index (κ2) is 9.57. The van der Waals surface area contributed by atoms with E-state index in [0.29, 0.717) is 17.6 Å². The Labute approximate surface area is 206 Å². The van der Waals surface area contributed by atoms with E-state index < -0.39 is 5.97 Å². The number of hydrogen-bond acceptors (Lipinski definition) is 4. The molecule has 0 bridgehead atoms. The summed E-state index contributed by atoms with van der Waals surface area (Å²) in [6.45, 7) is 2.35. The van der Waals surface area contributed by atoms with Crippen LogP contribution in [0, 0.1) is 0 Å². The highest BCUT2D eigenvalue weighted by atomic mass is 79.9. The number of benzene rings is 3. The summed E-state index contributed by atoms with van der Waals surface area (Å²) in [5.74, 6) is -0.501. The summed E-state index contributed by atoms with van der Waals surface area (Å²) < 4.78 is 7.77. The first-order valence-corrected chi connectivity index (χ1v) is 12.1. The van der Waals surface area contributed by atoms with Gasteiger partial charge in [0, 0.05) is 35.1 Å². The molecule has 4 aromatic rings. The van der Waals surface area contributed by atoms with Crippen molar-refractivity contribution in [2.45, 2.75) is 19.0 Å². The van der Waals surface area contributed by atoms with Gasteiger partial charge in [-0.25, -0.2) is 4.79 Å². The van der Waals surface area contributed by atoms with Crippen molar-refractivity contribution in [3.63, 3.8) is 0 Å². The molecule has 1 aromatic heterocycles. The Balaban J connectivity index is 1.69. The third-order valence-corrected chi connectivity index (χ3v) is 6.97. The average molecular weight is 517 g/mol. The van der Waals surface area contributed by atoms with Gasteiger partial charge >= 0.3 is 5.97 Å². The Hall–Kier alpha value is -3.22. The van der Waals surface area contributed by atoms with Gasteiger partial charge in [0.2, 0.25) is 0 Å². The molecule has 5 nitrogen and oxygen atoms in total. The van der Waals surface area contributed by atoms with E-state index in [0.717, 1.165) is 40.5 Å². The van der Waals surface area contributed by atoms with E-state index in [-0.39, 0.29) is 11.6 Å². The molecule has 1 aliphatic heterocycles. The summed E-state index contributed by atoms with van der Waals surface area (Å²) in [7, 11) is 1.37. The van der Waals surface area contributed by atoms with E-state index in [1.165, 1.54) is 12.7 Å². The monoisotopic (exact) mass is 516 g/mol. The lowest BCUT2D eigenvalue weighted by atomic mass is 9.96. The molecule has 0 aliphatic carbocycles. The highest BCUT2D eigenvalue weighted by Gasteiger charge is 2.32. The fourth-order valence-corrected chi connectivity index (χ4v) is 5.30. The summed E-state index contributed by atoms with van der Waals surface area (Å²) in [5.41, 5.74) is 2.99. The number of rotatable bonds is 5. The van der Waals surface area contributed by atoms with Gasteiger partial charge in [-0.3, -0.25) is 14.3 Å². The number of aromatic nitrogens is 1. The van der Waals surface area contributed by atoms with Crippen molar-refractivity contribution in [3.05, 3.63) is 105 Å². The van der Waals surface area contributed by atoms with Crippen molar-refractivity contribution < 1.29 is 9.53 Å². The Bertz CT molecular complexity index is 1400. The molecule has 2 heterocycles. The standard InChI is InChI=1S/C28H25BrN2O3/c1-34-28(33)26-25(20-10-6-3-7-11-20)24-16-21(29)12-13-23(24)27(32)31(26)22-14-15-30(18-22)17-19-8-4-2-5-9-19/h2-13,16,22H,14-15,17-18H2,1H3. The Morgan fingerprint density at radius 3 is 2.41 bits per heavy atom. The molecule has 6 heteroatoms. The Kier molecular flexibility index (Phi) is 6.35. The van der Waals surface area contributed by atoms with Crippen LogP contribution in [-0.4, -0.2) is 35.6 Å². The molecule has 172 valence electrons. The summed E-state index contributed by atoms with van der Waals surface area (Å²) in [5, 5.41) is 1.33. The minimum atomic E-state index is -0.501. The number of ether oxygens (including phenoxy) is 1. The molecule has 5 rings (SSSR count). The second-order valence-corrected chi connectivity index (χ2v) is 9.53. The number of pyridine rings is 1. The number of esters is 1. The van der Waals surface area contributed by atoms with Crippen molar-refractivity contribution in [2.75, 3.05) is 20.2 Å². The molecular formula is C28H25BrN2O3. The lowest BCUT2D eigenvalue weighted by Gasteiger charge is -2.23. The normalized spacial score (nSPS) is 16.1. The smallest absolute Gasteiger partial charge is 0.355 e. The minimum Gasteiger partial charge on any atom is -0.464 e. The predicted octanol–water partition coefficient (Wildman–Crippen LogP) is 5.66. The van der Waals surface area contributed by atoms with E-state index in [2.05, 4.69) is 33.0 Å². The van der Waals surface area contributed by atoms with Gasteiger partial charge in [-0.15, -0.1) is 0 Å². The van der Waals surface area contributed by atoms with E-state index in [1.807, 2.05) is 66.7 Å². The van der Waals surface area contributed by atoms with Crippen molar-refractivity contribution in [2.24, 2.45) is 0 Å². The van der Waals surface area contributed by atoms with Crippen LogP contribution in [0.5, 0.6) is 0 Å². The largest absolute Gasteiger partial charge is 0.464 e. The Morgan fingerprint density at radius 1 is 1.00 bits per heavy atom. The van der Waals surface area contributed by atoms with Crippen LogP contribution in [0.4, 0.5) is 0 Å².